The smallest absolute Gasteiger partial charge is 0.00965 e. The Morgan fingerprint density at radius 3 is 2.38 bits per heavy atom. The van der Waals surface area contributed by atoms with Crippen molar-refractivity contribution in [1.29, 1.82) is 0 Å². The molecule has 0 rings (SSSR count). The molecule has 0 radical (unpaired) electrons. The fourth-order valence-electron chi connectivity index (χ4n) is 0.938. The van der Waals surface area contributed by atoms with E-state index in [-0.39, 0.29) is 5.54 Å². The van der Waals surface area contributed by atoms with Gasteiger partial charge in [0.1, 0.15) is 0 Å². The zero-order valence-electron chi connectivity index (χ0n) is 9.81. The highest BCUT2D eigenvalue weighted by Gasteiger charge is 2.07. The molecule has 0 aliphatic heterocycles. The van der Waals surface area contributed by atoms with Gasteiger partial charge in [-0.3, -0.25) is 0 Å². The van der Waals surface area contributed by atoms with Gasteiger partial charge in [0.2, 0.25) is 0 Å². The van der Waals surface area contributed by atoms with Gasteiger partial charge in [-0.15, -0.1) is 0 Å². The quantitative estimate of drug-likeness (QED) is 0.665. The summed E-state index contributed by atoms with van der Waals surface area (Å²) in [6, 6.07) is 0. The number of thioether (sulfide) groups is 1. The first kappa shape index (κ1) is 13.3. The summed E-state index contributed by atoms with van der Waals surface area (Å²) in [5.41, 5.74) is 0.279. The summed E-state index contributed by atoms with van der Waals surface area (Å²) < 4.78 is 0. The molecule has 0 aromatic heterocycles. The Bertz CT molecular complexity index is 118. The zero-order valence-corrected chi connectivity index (χ0v) is 10.6. The van der Waals surface area contributed by atoms with Gasteiger partial charge in [-0.2, -0.15) is 11.8 Å². The lowest BCUT2D eigenvalue weighted by atomic mass is 10.1. The van der Waals surface area contributed by atoms with Gasteiger partial charge in [0, 0.05) is 10.8 Å². The summed E-state index contributed by atoms with van der Waals surface area (Å²) in [5, 5.41) is 4.33. The number of rotatable bonds is 6. The summed E-state index contributed by atoms with van der Waals surface area (Å²) in [6.07, 6.45) is 2.57. The average molecular weight is 203 g/mol. The molecule has 1 unspecified atom stereocenters. The van der Waals surface area contributed by atoms with Crippen molar-refractivity contribution < 1.29 is 0 Å². The first-order valence-electron chi connectivity index (χ1n) is 5.32. The van der Waals surface area contributed by atoms with Crippen LogP contribution in [0.5, 0.6) is 0 Å². The van der Waals surface area contributed by atoms with E-state index < -0.39 is 0 Å². The molecule has 13 heavy (non-hydrogen) atoms. The van der Waals surface area contributed by atoms with Crippen molar-refractivity contribution in [2.75, 3.05) is 12.3 Å². The highest BCUT2D eigenvalue weighted by atomic mass is 32.2. The van der Waals surface area contributed by atoms with Gasteiger partial charge in [0.05, 0.1) is 0 Å². The Morgan fingerprint density at radius 1 is 1.31 bits per heavy atom. The third kappa shape index (κ3) is 10.2. The minimum Gasteiger partial charge on any atom is -0.312 e. The van der Waals surface area contributed by atoms with E-state index in [9.17, 15) is 0 Å². The SMILES string of the molecule is CCC(C)SCCCNC(C)(C)C. The van der Waals surface area contributed by atoms with Gasteiger partial charge >= 0.3 is 0 Å². The highest BCUT2D eigenvalue weighted by molar-refractivity contribution is 7.99. The molecule has 0 aliphatic carbocycles. The number of hydrogen-bond donors (Lipinski definition) is 1. The molecule has 0 saturated carbocycles. The van der Waals surface area contributed by atoms with Crippen LogP contribution in [0.25, 0.3) is 0 Å². The number of nitrogens with one attached hydrogen (secondary N) is 1. The Morgan fingerprint density at radius 2 is 1.92 bits per heavy atom. The van der Waals surface area contributed by atoms with Crippen molar-refractivity contribution in [1.82, 2.24) is 5.32 Å². The summed E-state index contributed by atoms with van der Waals surface area (Å²) in [7, 11) is 0. The van der Waals surface area contributed by atoms with Crippen molar-refractivity contribution >= 4 is 11.8 Å². The van der Waals surface area contributed by atoms with Gasteiger partial charge in [-0.1, -0.05) is 13.8 Å². The van der Waals surface area contributed by atoms with Crippen molar-refractivity contribution in [2.24, 2.45) is 0 Å². The van der Waals surface area contributed by atoms with E-state index in [4.69, 9.17) is 0 Å². The molecule has 0 bridgehead atoms. The van der Waals surface area contributed by atoms with E-state index in [0.29, 0.717) is 0 Å². The number of hydrogen-bond acceptors (Lipinski definition) is 2. The Hall–Kier alpha value is 0.310. The summed E-state index contributed by atoms with van der Waals surface area (Å²) in [5.74, 6) is 1.29. The molecule has 80 valence electrons. The van der Waals surface area contributed by atoms with Crippen molar-refractivity contribution in [2.45, 2.75) is 58.2 Å². The van der Waals surface area contributed by atoms with Gasteiger partial charge in [-0.05, 0) is 45.9 Å². The molecule has 0 amide bonds. The molecular weight excluding hydrogens is 178 g/mol. The van der Waals surface area contributed by atoms with E-state index in [1.807, 2.05) is 0 Å². The lowest BCUT2D eigenvalue weighted by molar-refractivity contribution is 0.427. The molecule has 0 saturated heterocycles. The van der Waals surface area contributed by atoms with Crippen LogP contribution in [-0.4, -0.2) is 23.1 Å². The average Bonchev–Trinajstić information content (AvgIpc) is 2.01. The van der Waals surface area contributed by atoms with Crippen molar-refractivity contribution in [3.05, 3.63) is 0 Å². The monoisotopic (exact) mass is 203 g/mol. The third-order valence-electron chi connectivity index (χ3n) is 1.95. The third-order valence-corrected chi connectivity index (χ3v) is 3.38. The zero-order chi connectivity index (χ0) is 10.3. The predicted octanol–water partition coefficient (Wildman–Crippen LogP) is 3.30. The Kier molecular flexibility index (Phi) is 6.88. The second kappa shape index (κ2) is 6.72. The van der Waals surface area contributed by atoms with E-state index >= 15 is 0 Å². The van der Waals surface area contributed by atoms with E-state index in [0.717, 1.165) is 11.8 Å². The molecule has 0 spiro atoms. The van der Waals surface area contributed by atoms with Gasteiger partial charge in [-0.25, -0.2) is 0 Å². The highest BCUT2D eigenvalue weighted by Crippen LogP contribution is 2.14. The first-order chi connectivity index (χ1) is 5.95. The summed E-state index contributed by atoms with van der Waals surface area (Å²) in [4.78, 5) is 0. The topological polar surface area (TPSA) is 12.0 Å². The molecule has 0 heterocycles. The normalized spacial score (nSPS) is 14.5. The predicted molar refractivity (Wildman–Crippen MR) is 64.6 cm³/mol. The summed E-state index contributed by atoms with van der Waals surface area (Å²) in [6.45, 7) is 12.4. The molecule has 2 heteroatoms. The van der Waals surface area contributed by atoms with Crippen LogP contribution in [0, 0.1) is 0 Å². The van der Waals surface area contributed by atoms with Crippen LogP contribution in [0.15, 0.2) is 0 Å². The molecule has 1 atom stereocenters. The lowest BCUT2D eigenvalue weighted by Crippen LogP contribution is -2.36. The summed E-state index contributed by atoms with van der Waals surface area (Å²) >= 11 is 2.09. The molecule has 1 N–H and O–H groups in total. The Labute approximate surface area is 88.1 Å². The van der Waals surface area contributed by atoms with Crippen LogP contribution in [0.2, 0.25) is 0 Å². The largest absolute Gasteiger partial charge is 0.312 e. The second-order valence-corrected chi connectivity index (χ2v) is 6.17. The van der Waals surface area contributed by atoms with Crippen LogP contribution in [0.4, 0.5) is 0 Å². The maximum absolute atomic E-state index is 3.50. The van der Waals surface area contributed by atoms with Crippen LogP contribution in [-0.2, 0) is 0 Å². The first-order valence-corrected chi connectivity index (χ1v) is 6.37. The van der Waals surface area contributed by atoms with Crippen molar-refractivity contribution in [3.63, 3.8) is 0 Å². The molecule has 1 nitrogen and oxygen atoms in total. The molecule has 0 fully saturated rings. The molecule has 0 aromatic rings. The fourth-order valence-corrected chi connectivity index (χ4v) is 1.89. The van der Waals surface area contributed by atoms with Gasteiger partial charge < -0.3 is 5.32 Å². The van der Waals surface area contributed by atoms with Crippen LogP contribution >= 0.6 is 11.8 Å². The van der Waals surface area contributed by atoms with Crippen LogP contribution in [0.1, 0.15) is 47.5 Å². The lowest BCUT2D eigenvalue weighted by Gasteiger charge is -2.20. The standard InChI is InChI=1S/C11H25NS/c1-6-10(2)13-9-7-8-12-11(3,4)5/h10,12H,6-9H2,1-5H3. The minimum absolute atomic E-state index is 0.279. The van der Waals surface area contributed by atoms with E-state index in [1.54, 1.807) is 0 Å². The maximum Gasteiger partial charge on any atom is 0.00965 e. The van der Waals surface area contributed by atoms with Gasteiger partial charge in [0.15, 0.2) is 0 Å². The van der Waals surface area contributed by atoms with Crippen LogP contribution in [0.3, 0.4) is 0 Å². The van der Waals surface area contributed by atoms with E-state index in [1.165, 1.54) is 18.6 Å². The minimum atomic E-state index is 0.279. The second-order valence-electron chi connectivity index (χ2n) is 4.62. The fraction of sp³-hybridized carbons (Fsp3) is 1.00. The Balaban J connectivity index is 3.18. The van der Waals surface area contributed by atoms with Crippen molar-refractivity contribution in [3.8, 4) is 0 Å². The molecular formula is C11H25NS. The molecule has 0 aromatic carbocycles. The van der Waals surface area contributed by atoms with E-state index in [2.05, 4.69) is 51.7 Å². The van der Waals surface area contributed by atoms with Gasteiger partial charge in [0.25, 0.3) is 0 Å². The molecule has 0 aliphatic rings. The maximum atomic E-state index is 3.50. The van der Waals surface area contributed by atoms with Crippen LogP contribution < -0.4 is 5.32 Å².